The van der Waals surface area contributed by atoms with Crippen LogP contribution in [0, 0.1) is 6.92 Å². The van der Waals surface area contributed by atoms with Crippen molar-refractivity contribution in [3.8, 4) is 17.1 Å². The van der Waals surface area contributed by atoms with E-state index < -0.39 is 0 Å². The molecule has 33 heavy (non-hydrogen) atoms. The molecular weight excluding hydrogens is 456 g/mol. The summed E-state index contributed by atoms with van der Waals surface area (Å²) >= 11 is 11.7. The lowest BCUT2D eigenvalue weighted by atomic mass is 10.1. The van der Waals surface area contributed by atoms with Crippen molar-refractivity contribution < 1.29 is 4.74 Å². The Balaban J connectivity index is 1.37. The lowest BCUT2D eigenvalue weighted by molar-refractivity contribution is 0.110. The fourth-order valence-corrected chi connectivity index (χ4v) is 4.59. The van der Waals surface area contributed by atoms with Crippen LogP contribution in [0.15, 0.2) is 36.5 Å². The van der Waals surface area contributed by atoms with Crippen molar-refractivity contribution in [1.29, 1.82) is 0 Å². The summed E-state index contributed by atoms with van der Waals surface area (Å²) in [5.74, 6) is 1.15. The van der Waals surface area contributed by atoms with Gasteiger partial charge in [-0.15, -0.1) is 0 Å². The Morgan fingerprint density at radius 1 is 1.18 bits per heavy atom. The first-order valence-corrected chi connectivity index (χ1v) is 11.8. The van der Waals surface area contributed by atoms with Crippen LogP contribution in [0.5, 0.6) is 5.88 Å². The van der Waals surface area contributed by atoms with Crippen molar-refractivity contribution >= 4 is 46.1 Å². The third kappa shape index (κ3) is 4.93. The van der Waals surface area contributed by atoms with E-state index in [1.165, 1.54) is 0 Å². The predicted octanol–water partition coefficient (Wildman–Crippen LogP) is 5.01. The van der Waals surface area contributed by atoms with Crippen LogP contribution in [-0.4, -0.2) is 51.1 Å². The number of nitrogens with one attached hydrogen (secondary N) is 2. The summed E-state index contributed by atoms with van der Waals surface area (Å²) < 4.78 is 6.11. The highest BCUT2D eigenvalue weighted by Gasteiger charge is 2.21. The topological polar surface area (TPSA) is 75.2 Å². The average Bonchev–Trinajstić information content (AvgIpc) is 2.92. The molecule has 2 aliphatic heterocycles. The van der Waals surface area contributed by atoms with Crippen LogP contribution < -0.4 is 15.4 Å². The van der Waals surface area contributed by atoms with E-state index in [1.807, 2.05) is 43.5 Å². The minimum atomic E-state index is 0.216. The Bertz CT molecular complexity index is 1210. The number of halogens is 1. The first-order valence-electron chi connectivity index (χ1n) is 11.0. The molecule has 0 spiro atoms. The van der Waals surface area contributed by atoms with Crippen LogP contribution >= 0.6 is 23.8 Å². The highest BCUT2D eigenvalue weighted by molar-refractivity contribution is 7.80. The lowest BCUT2D eigenvalue weighted by Gasteiger charge is -2.29. The highest BCUT2D eigenvalue weighted by atomic mass is 35.5. The van der Waals surface area contributed by atoms with E-state index in [0.717, 1.165) is 59.8 Å². The van der Waals surface area contributed by atoms with Gasteiger partial charge in [-0.05, 0) is 51.1 Å². The minimum Gasteiger partial charge on any atom is -0.474 e. The zero-order valence-corrected chi connectivity index (χ0v) is 20.1. The summed E-state index contributed by atoms with van der Waals surface area (Å²) in [4.78, 5) is 17.0. The van der Waals surface area contributed by atoms with Crippen LogP contribution in [0.1, 0.15) is 24.1 Å². The summed E-state index contributed by atoms with van der Waals surface area (Å²) in [5.41, 5.74) is 5.26. The van der Waals surface area contributed by atoms with E-state index in [2.05, 4.69) is 32.5 Å². The van der Waals surface area contributed by atoms with E-state index in [0.29, 0.717) is 28.3 Å². The van der Waals surface area contributed by atoms with Crippen molar-refractivity contribution in [2.75, 3.05) is 30.8 Å². The number of ether oxygens (including phenoxy) is 1. The van der Waals surface area contributed by atoms with Gasteiger partial charge in [0.25, 0.3) is 0 Å². The molecular formula is C24H25ClN6OS. The van der Waals surface area contributed by atoms with Gasteiger partial charge in [0.05, 0.1) is 22.1 Å². The number of benzene rings is 1. The molecule has 170 valence electrons. The number of piperidine rings is 1. The standard InChI is InChI=1S/C24H25ClN6OS/c1-14-19(5-6-21(27-14)32-17-7-9-31(2)10-8-17)29-24-26-13-15-11-22(33)28-20-12-16(25)3-4-18(20)23(15)30-24/h3-6,12-13,17H,7-11H2,1-2H3,(H,28,33)(H,26,29,30). The Kier molecular flexibility index (Phi) is 6.14. The Hall–Kier alpha value is -2.81. The maximum absolute atomic E-state index is 6.19. The molecule has 9 heteroatoms. The SMILES string of the molecule is Cc1nc(OC2CCN(C)CC2)ccc1Nc1ncc2c(n1)-c1ccc(Cl)cc1NC(=S)C2. The molecule has 0 atom stereocenters. The van der Waals surface area contributed by atoms with Gasteiger partial charge in [-0.25, -0.2) is 15.0 Å². The molecule has 1 aromatic carbocycles. The number of aromatic nitrogens is 3. The molecule has 2 aromatic heterocycles. The van der Waals surface area contributed by atoms with Gasteiger partial charge in [-0.1, -0.05) is 23.8 Å². The molecule has 4 heterocycles. The number of fused-ring (bicyclic) bond motifs is 3. The van der Waals surface area contributed by atoms with E-state index in [-0.39, 0.29) is 6.10 Å². The second kappa shape index (κ2) is 9.21. The van der Waals surface area contributed by atoms with Crippen molar-refractivity contribution in [2.24, 2.45) is 0 Å². The number of nitrogens with zero attached hydrogens (tertiary/aromatic N) is 4. The molecule has 1 fully saturated rings. The predicted molar refractivity (Wildman–Crippen MR) is 136 cm³/mol. The number of aryl methyl sites for hydroxylation is 1. The molecule has 7 nitrogen and oxygen atoms in total. The maximum atomic E-state index is 6.19. The second-order valence-electron chi connectivity index (χ2n) is 8.51. The maximum Gasteiger partial charge on any atom is 0.227 e. The van der Waals surface area contributed by atoms with Gasteiger partial charge < -0.3 is 20.3 Å². The molecule has 3 aromatic rings. The van der Waals surface area contributed by atoms with Crippen LogP contribution in [0.3, 0.4) is 0 Å². The first-order chi connectivity index (χ1) is 15.9. The number of anilines is 3. The van der Waals surface area contributed by atoms with Gasteiger partial charge in [0.2, 0.25) is 11.8 Å². The van der Waals surface area contributed by atoms with Crippen molar-refractivity contribution in [2.45, 2.75) is 32.3 Å². The van der Waals surface area contributed by atoms with E-state index in [9.17, 15) is 0 Å². The molecule has 1 saturated heterocycles. The average molecular weight is 481 g/mol. The number of pyridine rings is 1. The molecule has 0 bridgehead atoms. The number of hydrogen-bond acceptors (Lipinski definition) is 7. The Morgan fingerprint density at radius 2 is 2.00 bits per heavy atom. The summed E-state index contributed by atoms with van der Waals surface area (Å²) in [6, 6.07) is 9.54. The number of hydrogen-bond donors (Lipinski definition) is 2. The third-order valence-corrected chi connectivity index (χ3v) is 6.47. The summed E-state index contributed by atoms with van der Waals surface area (Å²) in [7, 11) is 2.14. The zero-order chi connectivity index (χ0) is 22.9. The first kappa shape index (κ1) is 22.0. The zero-order valence-electron chi connectivity index (χ0n) is 18.6. The van der Waals surface area contributed by atoms with Crippen molar-refractivity contribution in [1.82, 2.24) is 19.9 Å². The van der Waals surface area contributed by atoms with Crippen LogP contribution in [0.25, 0.3) is 11.3 Å². The van der Waals surface area contributed by atoms with Crippen LogP contribution in [0.4, 0.5) is 17.3 Å². The van der Waals surface area contributed by atoms with Gasteiger partial charge in [0.15, 0.2) is 0 Å². The van der Waals surface area contributed by atoms with Gasteiger partial charge in [0.1, 0.15) is 6.10 Å². The highest BCUT2D eigenvalue weighted by Crippen LogP contribution is 2.35. The molecule has 0 aliphatic carbocycles. The Morgan fingerprint density at radius 3 is 2.79 bits per heavy atom. The largest absolute Gasteiger partial charge is 0.474 e. The van der Waals surface area contributed by atoms with Gasteiger partial charge in [-0.2, -0.15) is 0 Å². The smallest absolute Gasteiger partial charge is 0.227 e. The third-order valence-electron chi connectivity index (χ3n) is 5.99. The molecule has 0 unspecified atom stereocenters. The fourth-order valence-electron chi connectivity index (χ4n) is 4.15. The van der Waals surface area contributed by atoms with E-state index >= 15 is 0 Å². The molecule has 2 aliphatic rings. The minimum absolute atomic E-state index is 0.216. The summed E-state index contributed by atoms with van der Waals surface area (Å²) in [6.07, 6.45) is 4.65. The normalized spacial score (nSPS) is 16.4. The molecule has 0 saturated carbocycles. The monoisotopic (exact) mass is 480 g/mol. The van der Waals surface area contributed by atoms with Crippen molar-refractivity contribution in [3.63, 3.8) is 0 Å². The van der Waals surface area contributed by atoms with Crippen molar-refractivity contribution in [3.05, 3.63) is 52.8 Å². The van der Waals surface area contributed by atoms with Crippen LogP contribution in [0.2, 0.25) is 5.02 Å². The number of likely N-dealkylation sites (tertiary alicyclic amines) is 1. The van der Waals surface area contributed by atoms with Gasteiger partial charge in [0, 0.05) is 53.6 Å². The lowest BCUT2D eigenvalue weighted by Crippen LogP contribution is -2.35. The fraction of sp³-hybridized carbons (Fsp3) is 0.333. The summed E-state index contributed by atoms with van der Waals surface area (Å²) in [6.45, 7) is 4.05. The quantitative estimate of drug-likeness (QED) is 0.504. The Labute approximate surface area is 203 Å². The number of thiocarbonyl (C=S) groups is 1. The second-order valence-corrected chi connectivity index (χ2v) is 9.44. The number of rotatable bonds is 4. The van der Waals surface area contributed by atoms with Gasteiger partial charge >= 0.3 is 0 Å². The molecule has 2 N–H and O–H groups in total. The summed E-state index contributed by atoms with van der Waals surface area (Å²) in [5, 5.41) is 7.21. The van der Waals surface area contributed by atoms with E-state index in [4.69, 9.17) is 33.5 Å². The molecule has 5 rings (SSSR count). The van der Waals surface area contributed by atoms with E-state index in [1.54, 1.807) is 0 Å². The molecule has 0 radical (unpaired) electrons. The van der Waals surface area contributed by atoms with Gasteiger partial charge in [-0.3, -0.25) is 0 Å². The molecule has 0 amide bonds. The van der Waals surface area contributed by atoms with Crippen LogP contribution in [-0.2, 0) is 6.42 Å².